The number of halogens is 1. The van der Waals surface area contributed by atoms with Crippen molar-refractivity contribution >= 4 is 29.4 Å². The third-order valence-electron chi connectivity index (χ3n) is 5.16. The van der Waals surface area contributed by atoms with Crippen LogP contribution in [0, 0.1) is 12.8 Å². The molecule has 3 saturated heterocycles. The predicted molar refractivity (Wildman–Crippen MR) is 103 cm³/mol. The maximum atomic E-state index is 12.8. The average Bonchev–Trinajstić information content (AvgIpc) is 2.80. The second-order valence-electron chi connectivity index (χ2n) is 7.23. The number of carbonyl (C=O) groups excluding carboxylic acids is 2. The Balaban J connectivity index is 1.50. The van der Waals surface area contributed by atoms with Gasteiger partial charge in [0.2, 0.25) is 5.91 Å². The van der Waals surface area contributed by atoms with E-state index in [1.807, 2.05) is 37.3 Å². The molecule has 8 heteroatoms. The van der Waals surface area contributed by atoms with Crippen molar-refractivity contribution < 1.29 is 9.59 Å². The summed E-state index contributed by atoms with van der Waals surface area (Å²) in [7, 11) is 0. The van der Waals surface area contributed by atoms with Gasteiger partial charge in [0.25, 0.3) is 0 Å². The number of amides is 3. The summed E-state index contributed by atoms with van der Waals surface area (Å²) >= 11 is 6.26. The lowest BCUT2D eigenvalue weighted by atomic mass is 9.96. The third kappa shape index (κ3) is 3.78. The summed E-state index contributed by atoms with van der Waals surface area (Å²) in [5, 5.41) is 11.1. The topological polar surface area (TPSA) is 79.3 Å². The largest absolute Gasteiger partial charge is 0.351 e. The van der Waals surface area contributed by atoms with Crippen LogP contribution >= 0.6 is 11.6 Å². The van der Waals surface area contributed by atoms with Crippen LogP contribution in [0.1, 0.15) is 24.1 Å². The number of aromatic nitrogens is 2. The molecule has 0 aliphatic carbocycles. The molecule has 2 N–H and O–H groups in total. The van der Waals surface area contributed by atoms with Gasteiger partial charge in [0.05, 0.1) is 18.2 Å². The number of anilines is 1. The van der Waals surface area contributed by atoms with E-state index in [2.05, 4.69) is 15.7 Å². The SMILES string of the molecule is Cc1cc(NC(=O)N2C[C@@H]3CC[C@H](C2)C(=O)N3)n(Cc2ccccc2Cl)n1. The van der Waals surface area contributed by atoms with Gasteiger partial charge in [-0.25, -0.2) is 9.48 Å². The molecule has 27 heavy (non-hydrogen) atoms. The van der Waals surface area contributed by atoms with Crippen LogP contribution in [-0.2, 0) is 11.3 Å². The first kappa shape index (κ1) is 17.9. The molecule has 1 aromatic heterocycles. The Morgan fingerprint density at radius 1 is 1.33 bits per heavy atom. The van der Waals surface area contributed by atoms with E-state index in [4.69, 9.17) is 11.6 Å². The lowest BCUT2D eigenvalue weighted by Gasteiger charge is -2.23. The van der Waals surface area contributed by atoms with Gasteiger partial charge < -0.3 is 10.2 Å². The first-order chi connectivity index (χ1) is 13.0. The fourth-order valence-corrected chi connectivity index (χ4v) is 3.95. The van der Waals surface area contributed by atoms with Crippen LogP contribution in [0.2, 0.25) is 5.02 Å². The molecule has 3 amide bonds. The van der Waals surface area contributed by atoms with E-state index in [1.54, 1.807) is 9.58 Å². The molecule has 2 aromatic rings. The fraction of sp³-hybridized carbons (Fsp3) is 0.421. The van der Waals surface area contributed by atoms with Crippen LogP contribution in [0.4, 0.5) is 10.6 Å². The molecule has 2 atom stereocenters. The van der Waals surface area contributed by atoms with Crippen molar-refractivity contribution in [3.63, 3.8) is 0 Å². The minimum Gasteiger partial charge on any atom is -0.351 e. The summed E-state index contributed by atoms with van der Waals surface area (Å²) < 4.78 is 1.74. The normalized spacial score (nSPS) is 21.7. The molecule has 0 unspecified atom stereocenters. The van der Waals surface area contributed by atoms with Crippen LogP contribution in [0.5, 0.6) is 0 Å². The summed E-state index contributed by atoms with van der Waals surface area (Å²) in [4.78, 5) is 26.6. The Kier molecular flexibility index (Phi) is 4.78. The molecule has 0 saturated carbocycles. The second kappa shape index (κ2) is 7.23. The Bertz CT molecular complexity index is 881. The Hall–Kier alpha value is -2.54. The van der Waals surface area contributed by atoms with Crippen LogP contribution in [0.3, 0.4) is 0 Å². The number of nitrogens with zero attached hydrogens (tertiary/aromatic N) is 3. The van der Waals surface area contributed by atoms with Crippen molar-refractivity contribution in [2.24, 2.45) is 5.92 Å². The van der Waals surface area contributed by atoms with Crippen molar-refractivity contribution in [3.05, 3.63) is 46.6 Å². The van der Waals surface area contributed by atoms with Gasteiger partial charge in [-0.1, -0.05) is 29.8 Å². The van der Waals surface area contributed by atoms with Crippen molar-refractivity contribution in [1.82, 2.24) is 20.0 Å². The minimum atomic E-state index is -0.205. The number of hydrogen-bond acceptors (Lipinski definition) is 3. The molecule has 3 aliphatic heterocycles. The summed E-state index contributed by atoms with van der Waals surface area (Å²) in [6.07, 6.45) is 1.76. The van der Waals surface area contributed by atoms with Gasteiger partial charge in [0, 0.05) is 30.2 Å². The van der Waals surface area contributed by atoms with Crippen LogP contribution in [0.15, 0.2) is 30.3 Å². The van der Waals surface area contributed by atoms with Gasteiger partial charge in [-0.15, -0.1) is 0 Å². The fourth-order valence-electron chi connectivity index (χ4n) is 3.75. The quantitative estimate of drug-likeness (QED) is 0.849. The van der Waals surface area contributed by atoms with Crippen molar-refractivity contribution in [3.8, 4) is 0 Å². The van der Waals surface area contributed by atoms with Crippen molar-refractivity contribution in [2.75, 3.05) is 18.4 Å². The Morgan fingerprint density at radius 2 is 2.15 bits per heavy atom. The number of fused-ring (bicyclic) bond motifs is 4. The van der Waals surface area contributed by atoms with E-state index < -0.39 is 0 Å². The zero-order valence-corrected chi connectivity index (χ0v) is 15.9. The maximum Gasteiger partial charge on any atom is 0.323 e. The standard InChI is InChI=1S/C19H22ClN5O2/c1-12-8-17(25(23-12)10-13-4-2-3-5-16(13)20)22-19(27)24-9-14-6-7-15(11-24)21-18(14)26/h2-5,8,14-15H,6-7,9-11H2,1H3,(H,21,26)(H,22,27)/t14-,15+/m1/s1. The monoisotopic (exact) mass is 387 g/mol. The van der Waals surface area contributed by atoms with Gasteiger partial charge in [-0.05, 0) is 31.4 Å². The van der Waals surface area contributed by atoms with Gasteiger partial charge in [0.1, 0.15) is 5.82 Å². The molecular weight excluding hydrogens is 366 g/mol. The number of aryl methyl sites for hydroxylation is 1. The van der Waals surface area contributed by atoms with E-state index in [-0.39, 0.29) is 23.9 Å². The molecule has 4 heterocycles. The van der Waals surface area contributed by atoms with Gasteiger partial charge >= 0.3 is 6.03 Å². The number of benzene rings is 1. The van der Waals surface area contributed by atoms with E-state index in [1.165, 1.54) is 0 Å². The lowest BCUT2D eigenvalue weighted by Crippen LogP contribution is -2.44. The molecule has 142 valence electrons. The number of urea groups is 1. The zero-order chi connectivity index (χ0) is 19.0. The van der Waals surface area contributed by atoms with E-state index >= 15 is 0 Å². The minimum absolute atomic E-state index is 0.0387. The highest BCUT2D eigenvalue weighted by atomic mass is 35.5. The van der Waals surface area contributed by atoms with Gasteiger partial charge in [0.15, 0.2) is 0 Å². The molecule has 0 spiro atoms. The predicted octanol–water partition coefficient (Wildman–Crippen LogP) is 2.64. The molecule has 3 aliphatic rings. The molecule has 5 rings (SSSR count). The van der Waals surface area contributed by atoms with E-state index in [9.17, 15) is 9.59 Å². The number of rotatable bonds is 3. The summed E-state index contributed by atoms with van der Waals surface area (Å²) in [5.41, 5.74) is 1.74. The highest BCUT2D eigenvalue weighted by Crippen LogP contribution is 2.24. The molecule has 3 fully saturated rings. The molecule has 2 bridgehead atoms. The first-order valence-electron chi connectivity index (χ1n) is 9.14. The highest BCUT2D eigenvalue weighted by Gasteiger charge is 2.36. The summed E-state index contributed by atoms with van der Waals surface area (Å²) in [6.45, 7) is 3.33. The smallest absolute Gasteiger partial charge is 0.323 e. The number of carbonyl (C=O) groups is 2. The molecular formula is C19H22ClN5O2. The van der Waals surface area contributed by atoms with Gasteiger partial charge in [-0.2, -0.15) is 5.10 Å². The van der Waals surface area contributed by atoms with Crippen LogP contribution in [-0.4, -0.2) is 45.8 Å². The molecule has 0 radical (unpaired) electrons. The first-order valence-corrected chi connectivity index (χ1v) is 9.51. The van der Waals surface area contributed by atoms with E-state index in [0.29, 0.717) is 30.5 Å². The number of piperidine rings is 1. The summed E-state index contributed by atoms with van der Waals surface area (Å²) in [5.74, 6) is 0.554. The number of hydrogen-bond donors (Lipinski definition) is 2. The third-order valence-corrected chi connectivity index (χ3v) is 5.53. The molecule has 7 nitrogen and oxygen atoms in total. The highest BCUT2D eigenvalue weighted by molar-refractivity contribution is 6.31. The molecule has 1 aromatic carbocycles. The lowest BCUT2D eigenvalue weighted by molar-refractivity contribution is -0.126. The van der Waals surface area contributed by atoms with Crippen molar-refractivity contribution in [2.45, 2.75) is 32.4 Å². The van der Waals surface area contributed by atoms with Gasteiger partial charge in [-0.3, -0.25) is 10.1 Å². The average molecular weight is 388 g/mol. The number of nitrogens with one attached hydrogen (secondary N) is 2. The van der Waals surface area contributed by atoms with Crippen LogP contribution in [0.25, 0.3) is 0 Å². The zero-order valence-electron chi connectivity index (χ0n) is 15.1. The van der Waals surface area contributed by atoms with Crippen LogP contribution < -0.4 is 10.6 Å². The summed E-state index contributed by atoms with van der Waals surface area (Å²) in [6, 6.07) is 9.25. The second-order valence-corrected chi connectivity index (χ2v) is 7.64. The maximum absolute atomic E-state index is 12.8. The van der Waals surface area contributed by atoms with E-state index in [0.717, 1.165) is 24.1 Å². The Labute approximate surface area is 162 Å². The van der Waals surface area contributed by atoms with Crippen molar-refractivity contribution in [1.29, 1.82) is 0 Å². The Morgan fingerprint density at radius 3 is 2.93 bits per heavy atom.